The molecule has 0 aliphatic carbocycles. The molecule has 1 aromatic heterocycles. The average Bonchev–Trinajstić information content (AvgIpc) is 2.86. The van der Waals surface area contributed by atoms with Gasteiger partial charge in [0.25, 0.3) is 0 Å². The minimum absolute atomic E-state index is 0.0140. The summed E-state index contributed by atoms with van der Waals surface area (Å²) in [7, 11) is 0. The molecule has 0 radical (unpaired) electrons. The van der Waals surface area contributed by atoms with Gasteiger partial charge in [-0.3, -0.25) is 4.79 Å². The van der Waals surface area contributed by atoms with Gasteiger partial charge in [0, 0.05) is 22.2 Å². The number of rotatable bonds is 5. The second-order valence-electron chi connectivity index (χ2n) is 4.96. The van der Waals surface area contributed by atoms with Crippen molar-refractivity contribution in [3.05, 3.63) is 57.8 Å². The molecule has 0 aliphatic heterocycles. The first-order chi connectivity index (χ1) is 9.56. The lowest BCUT2D eigenvalue weighted by atomic mass is 10.0. The average molecular weight is 288 g/mol. The molecule has 4 heteroatoms. The molecule has 0 spiro atoms. The predicted octanol–water partition coefficient (Wildman–Crippen LogP) is 3.32. The van der Waals surface area contributed by atoms with Gasteiger partial charge in [0.15, 0.2) is 0 Å². The Bertz CT molecular complexity index is 565. The number of nitrogens with one attached hydrogen (secondary N) is 1. The quantitative estimate of drug-likeness (QED) is 0.886. The maximum Gasteiger partial charge on any atom is 0.222 e. The monoisotopic (exact) mass is 288 g/mol. The molecule has 3 nitrogen and oxygen atoms in total. The molecule has 1 aromatic carbocycles. The predicted molar refractivity (Wildman–Crippen MR) is 83.6 cm³/mol. The van der Waals surface area contributed by atoms with Gasteiger partial charge in [-0.05, 0) is 31.5 Å². The third-order valence-corrected chi connectivity index (χ3v) is 4.38. The van der Waals surface area contributed by atoms with Crippen LogP contribution in [0.3, 0.4) is 0 Å². The van der Waals surface area contributed by atoms with Gasteiger partial charge in [0.1, 0.15) is 0 Å². The van der Waals surface area contributed by atoms with Gasteiger partial charge in [0.05, 0.1) is 6.04 Å². The zero-order chi connectivity index (χ0) is 14.5. The Labute approximate surface area is 123 Å². The van der Waals surface area contributed by atoms with E-state index in [2.05, 4.69) is 24.4 Å². The van der Waals surface area contributed by atoms with Crippen molar-refractivity contribution in [1.29, 1.82) is 0 Å². The molecule has 20 heavy (non-hydrogen) atoms. The number of amides is 1. The lowest BCUT2D eigenvalue weighted by molar-refractivity contribution is -0.122. The lowest BCUT2D eigenvalue weighted by Gasteiger charge is -2.15. The van der Waals surface area contributed by atoms with Crippen LogP contribution >= 0.6 is 11.3 Å². The van der Waals surface area contributed by atoms with Crippen molar-refractivity contribution >= 4 is 17.2 Å². The zero-order valence-corrected chi connectivity index (χ0v) is 12.6. The summed E-state index contributed by atoms with van der Waals surface area (Å²) in [6, 6.07) is 13.6. The van der Waals surface area contributed by atoms with E-state index >= 15 is 0 Å². The van der Waals surface area contributed by atoms with Crippen LogP contribution in [-0.4, -0.2) is 5.91 Å². The second kappa shape index (κ2) is 6.68. The van der Waals surface area contributed by atoms with E-state index in [1.807, 2.05) is 37.3 Å². The minimum Gasteiger partial charge on any atom is -0.349 e. The number of carbonyl (C=O) groups excluding carboxylic acids is 1. The van der Waals surface area contributed by atoms with Crippen molar-refractivity contribution < 1.29 is 4.79 Å². The van der Waals surface area contributed by atoms with Crippen LogP contribution in [-0.2, 0) is 4.79 Å². The molecule has 2 atom stereocenters. The Balaban J connectivity index is 1.89. The summed E-state index contributed by atoms with van der Waals surface area (Å²) < 4.78 is 0. The minimum atomic E-state index is -0.256. The molecule has 2 rings (SSSR count). The van der Waals surface area contributed by atoms with Crippen molar-refractivity contribution in [2.24, 2.45) is 5.73 Å². The lowest BCUT2D eigenvalue weighted by Crippen LogP contribution is -2.29. The molecular formula is C16H20N2OS. The largest absolute Gasteiger partial charge is 0.349 e. The maximum atomic E-state index is 12.0. The fourth-order valence-electron chi connectivity index (χ4n) is 2.08. The summed E-state index contributed by atoms with van der Waals surface area (Å²) in [5.74, 6) is -0.0140. The van der Waals surface area contributed by atoms with Crippen LogP contribution in [0.4, 0.5) is 0 Å². The smallest absolute Gasteiger partial charge is 0.222 e. The number of hydrogen-bond donors (Lipinski definition) is 2. The van der Waals surface area contributed by atoms with Crippen molar-refractivity contribution in [2.45, 2.75) is 32.4 Å². The van der Waals surface area contributed by atoms with Crippen LogP contribution in [0.5, 0.6) is 0 Å². The number of hydrogen-bond acceptors (Lipinski definition) is 3. The molecule has 1 heterocycles. The number of aryl methyl sites for hydroxylation is 1. The van der Waals surface area contributed by atoms with Gasteiger partial charge >= 0.3 is 0 Å². The Kier molecular flexibility index (Phi) is 4.93. The first-order valence-corrected chi connectivity index (χ1v) is 7.54. The normalized spacial score (nSPS) is 13.8. The molecule has 0 aliphatic rings. The van der Waals surface area contributed by atoms with Crippen molar-refractivity contribution in [1.82, 2.24) is 5.32 Å². The van der Waals surface area contributed by atoms with E-state index in [0.29, 0.717) is 6.42 Å². The molecule has 0 bridgehead atoms. The van der Waals surface area contributed by atoms with E-state index in [0.717, 1.165) is 5.56 Å². The van der Waals surface area contributed by atoms with Crippen LogP contribution < -0.4 is 11.1 Å². The maximum absolute atomic E-state index is 12.0. The van der Waals surface area contributed by atoms with E-state index in [-0.39, 0.29) is 18.0 Å². The molecule has 0 saturated heterocycles. The summed E-state index contributed by atoms with van der Waals surface area (Å²) in [5.41, 5.74) is 7.04. The van der Waals surface area contributed by atoms with Gasteiger partial charge in [-0.25, -0.2) is 0 Å². The molecule has 2 aromatic rings. The number of benzene rings is 1. The Morgan fingerprint density at radius 3 is 2.55 bits per heavy atom. The summed E-state index contributed by atoms with van der Waals surface area (Å²) in [6.07, 6.45) is 0.304. The van der Waals surface area contributed by atoms with Gasteiger partial charge < -0.3 is 11.1 Å². The van der Waals surface area contributed by atoms with Crippen molar-refractivity contribution in [3.63, 3.8) is 0 Å². The van der Waals surface area contributed by atoms with Crippen LogP contribution in [0.25, 0.3) is 0 Å². The van der Waals surface area contributed by atoms with E-state index in [1.54, 1.807) is 11.3 Å². The summed E-state index contributed by atoms with van der Waals surface area (Å²) in [5, 5.41) is 3.00. The van der Waals surface area contributed by atoms with Gasteiger partial charge in [-0.2, -0.15) is 0 Å². The van der Waals surface area contributed by atoms with Crippen LogP contribution in [0.15, 0.2) is 42.5 Å². The Morgan fingerprint density at radius 2 is 1.95 bits per heavy atom. The molecular weight excluding hydrogens is 268 g/mol. The highest BCUT2D eigenvalue weighted by Gasteiger charge is 2.15. The standard InChI is InChI=1S/C16H20N2OS/c1-11-8-9-15(20-11)12(2)18-16(19)10-14(17)13-6-4-3-5-7-13/h3-9,12,14H,10,17H2,1-2H3,(H,18,19). The summed E-state index contributed by atoms with van der Waals surface area (Å²) in [6.45, 7) is 4.06. The molecule has 106 valence electrons. The first-order valence-electron chi connectivity index (χ1n) is 6.72. The third kappa shape index (κ3) is 3.92. The third-order valence-electron chi connectivity index (χ3n) is 3.20. The highest BCUT2D eigenvalue weighted by Crippen LogP contribution is 2.22. The van der Waals surface area contributed by atoms with Crippen LogP contribution in [0.2, 0.25) is 0 Å². The van der Waals surface area contributed by atoms with E-state index in [1.165, 1.54) is 9.75 Å². The highest BCUT2D eigenvalue weighted by molar-refractivity contribution is 7.12. The van der Waals surface area contributed by atoms with E-state index in [9.17, 15) is 4.79 Å². The van der Waals surface area contributed by atoms with Crippen molar-refractivity contribution in [2.75, 3.05) is 0 Å². The number of thiophene rings is 1. The highest BCUT2D eigenvalue weighted by atomic mass is 32.1. The van der Waals surface area contributed by atoms with Crippen molar-refractivity contribution in [3.8, 4) is 0 Å². The molecule has 0 saturated carbocycles. The second-order valence-corrected chi connectivity index (χ2v) is 6.28. The SMILES string of the molecule is Cc1ccc(C(C)NC(=O)CC(N)c2ccccc2)s1. The fourth-order valence-corrected chi connectivity index (χ4v) is 2.96. The van der Waals surface area contributed by atoms with Gasteiger partial charge in [-0.1, -0.05) is 30.3 Å². The number of nitrogens with two attached hydrogens (primary N) is 1. The fraction of sp³-hybridized carbons (Fsp3) is 0.312. The Hall–Kier alpha value is -1.65. The molecule has 0 fully saturated rings. The zero-order valence-electron chi connectivity index (χ0n) is 11.8. The molecule has 3 N–H and O–H groups in total. The molecule has 2 unspecified atom stereocenters. The summed E-state index contributed by atoms with van der Waals surface area (Å²) >= 11 is 1.71. The summed E-state index contributed by atoms with van der Waals surface area (Å²) in [4.78, 5) is 14.5. The topological polar surface area (TPSA) is 55.1 Å². The van der Waals surface area contributed by atoms with E-state index < -0.39 is 0 Å². The van der Waals surface area contributed by atoms with E-state index in [4.69, 9.17) is 5.73 Å². The first kappa shape index (κ1) is 14.8. The van der Waals surface area contributed by atoms with Crippen LogP contribution in [0.1, 0.15) is 40.7 Å². The number of carbonyl (C=O) groups is 1. The molecule has 1 amide bonds. The Morgan fingerprint density at radius 1 is 1.25 bits per heavy atom. The van der Waals surface area contributed by atoms with Gasteiger partial charge in [-0.15, -0.1) is 11.3 Å². The van der Waals surface area contributed by atoms with Crippen LogP contribution in [0, 0.1) is 6.92 Å². The van der Waals surface area contributed by atoms with Gasteiger partial charge in [0.2, 0.25) is 5.91 Å².